The Morgan fingerprint density at radius 2 is 2.08 bits per heavy atom. The first-order valence-corrected chi connectivity index (χ1v) is 9.78. The lowest BCUT2D eigenvalue weighted by Crippen LogP contribution is -2.48. The highest BCUT2D eigenvalue weighted by Gasteiger charge is 2.50. The number of fused-ring (bicyclic) bond motifs is 2. The Kier molecular flexibility index (Phi) is 4.74. The van der Waals surface area contributed by atoms with Crippen molar-refractivity contribution < 1.29 is 9.84 Å². The third kappa shape index (κ3) is 3.42. The van der Waals surface area contributed by atoms with Crippen molar-refractivity contribution in [2.75, 3.05) is 26.3 Å². The summed E-state index contributed by atoms with van der Waals surface area (Å²) in [6.07, 6.45) is 5.60. The molecule has 3 heteroatoms. The van der Waals surface area contributed by atoms with Crippen LogP contribution in [0, 0.1) is 17.3 Å². The number of β-amino-alcohol motifs (C(OH)–C–C–N with tert-alkyl or cyclic N) is 1. The van der Waals surface area contributed by atoms with E-state index in [0.717, 1.165) is 25.4 Å². The summed E-state index contributed by atoms with van der Waals surface area (Å²) >= 11 is 0. The second-order valence-corrected chi connectivity index (χ2v) is 8.74. The summed E-state index contributed by atoms with van der Waals surface area (Å²) in [6, 6.07) is 8.64. The molecular formula is C22H31NO2. The molecule has 1 aromatic rings. The van der Waals surface area contributed by atoms with Gasteiger partial charge in [-0.05, 0) is 53.2 Å². The fourth-order valence-electron chi connectivity index (χ4n) is 5.01. The van der Waals surface area contributed by atoms with Gasteiger partial charge in [-0.25, -0.2) is 0 Å². The molecule has 3 nitrogen and oxygen atoms in total. The molecule has 3 aliphatic carbocycles. The molecule has 1 saturated carbocycles. The molecule has 1 heterocycles. The summed E-state index contributed by atoms with van der Waals surface area (Å²) in [4.78, 5) is 2.34. The number of rotatable bonds is 6. The van der Waals surface area contributed by atoms with Crippen LogP contribution in [0.25, 0.3) is 0 Å². The molecule has 2 bridgehead atoms. The van der Waals surface area contributed by atoms with E-state index in [1.807, 2.05) is 0 Å². The first-order chi connectivity index (χ1) is 12.0. The van der Waals surface area contributed by atoms with E-state index in [4.69, 9.17) is 4.74 Å². The zero-order valence-corrected chi connectivity index (χ0v) is 15.6. The van der Waals surface area contributed by atoms with Gasteiger partial charge in [-0.1, -0.05) is 44.2 Å². The van der Waals surface area contributed by atoms with E-state index in [0.29, 0.717) is 31.1 Å². The van der Waals surface area contributed by atoms with Gasteiger partial charge in [0.2, 0.25) is 0 Å². The van der Waals surface area contributed by atoms with Crippen molar-refractivity contribution in [1.82, 2.24) is 4.90 Å². The van der Waals surface area contributed by atoms with Crippen LogP contribution in [0.2, 0.25) is 0 Å². The summed E-state index contributed by atoms with van der Waals surface area (Å²) in [7, 11) is 0. The van der Waals surface area contributed by atoms with Crippen molar-refractivity contribution in [3.8, 4) is 0 Å². The van der Waals surface area contributed by atoms with Gasteiger partial charge in [-0.15, -0.1) is 0 Å². The van der Waals surface area contributed by atoms with E-state index in [1.165, 1.54) is 29.5 Å². The minimum atomic E-state index is -0.406. The largest absolute Gasteiger partial charge is 0.389 e. The smallest absolute Gasteiger partial charge is 0.0900 e. The molecule has 0 radical (unpaired) electrons. The highest BCUT2D eigenvalue weighted by molar-refractivity contribution is 5.29. The maximum atomic E-state index is 10.4. The van der Waals surface area contributed by atoms with Crippen molar-refractivity contribution in [2.24, 2.45) is 17.3 Å². The summed E-state index contributed by atoms with van der Waals surface area (Å²) in [5, 5.41) is 10.4. The van der Waals surface area contributed by atoms with Gasteiger partial charge >= 0.3 is 0 Å². The van der Waals surface area contributed by atoms with Gasteiger partial charge in [0.15, 0.2) is 0 Å². The number of allylic oxidation sites excluding steroid dienone is 1. The molecule has 0 saturated heterocycles. The standard InChI is InChI=1S/C22H31NO2/c1-22(2)19-8-7-18(21(22)11-19)14-25-15-20(24)13-23-10-9-16-5-3-4-6-17(16)12-23/h3-7,19-21,24H,8-15H2,1-2H3/t19-,20-,21-/m0/s1. The zero-order chi connectivity index (χ0) is 17.4. The predicted molar refractivity (Wildman–Crippen MR) is 100 cm³/mol. The fourth-order valence-corrected chi connectivity index (χ4v) is 5.01. The number of nitrogens with zero attached hydrogens (tertiary/aromatic N) is 1. The minimum Gasteiger partial charge on any atom is -0.389 e. The molecule has 136 valence electrons. The number of aliphatic hydroxyl groups is 1. The normalized spacial score (nSPS) is 28.7. The lowest BCUT2D eigenvalue weighted by Gasteiger charge is -2.56. The van der Waals surface area contributed by atoms with Crippen molar-refractivity contribution in [3.63, 3.8) is 0 Å². The van der Waals surface area contributed by atoms with Crippen molar-refractivity contribution >= 4 is 0 Å². The third-order valence-electron chi connectivity index (χ3n) is 6.84. The molecule has 5 rings (SSSR count). The van der Waals surface area contributed by atoms with Crippen molar-refractivity contribution in [2.45, 2.75) is 45.8 Å². The Bertz CT molecular complexity index is 651. The minimum absolute atomic E-state index is 0.406. The number of ether oxygens (including phenoxy) is 1. The number of hydrogen-bond donors (Lipinski definition) is 1. The first kappa shape index (κ1) is 17.3. The maximum absolute atomic E-state index is 10.4. The van der Waals surface area contributed by atoms with Crippen LogP contribution in [0.4, 0.5) is 0 Å². The number of benzene rings is 1. The van der Waals surface area contributed by atoms with Crippen LogP contribution in [0.3, 0.4) is 0 Å². The van der Waals surface area contributed by atoms with Gasteiger partial charge in [0.1, 0.15) is 0 Å². The van der Waals surface area contributed by atoms with Gasteiger partial charge < -0.3 is 9.84 Å². The van der Waals surface area contributed by atoms with E-state index < -0.39 is 6.10 Å². The van der Waals surface area contributed by atoms with Gasteiger partial charge in [-0.3, -0.25) is 4.90 Å². The average Bonchev–Trinajstić information content (AvgIpc) is 2.61. The number of hydrogen-bond acceptors (Lipinski definition) is 3. The quantitative estimate of drug-likeness (QED) is 0.805. The van der Waals surface area contributed by atoms with Gasteiger partial charge in [0.05, 0.1) is 19.3 Å². The molecule has 0 aromatic heterocycles. The molecular weight excluding hydrogens is 310 g/mol. The molecule has 1 aromatic carbocycles. The van der Waals surface area contributed by atoms with E-state index in [-0.39, 0.29) is 0 Å². The molecule has 1 N–H and O–H groups in total. The second-order valence-electron chi connectivity index (χ2n) is 8.74. The third-order valence-corrected chi connectivity index (χ3v) is 6.84. The van der Waals surface area contributed by atoms with E-state index in [1.54, 1.807) is 0 Å². The van der Waals surface area contributed by atoms with Crippen LogP contribution in [-0.4, -0.2) is 42.4 Å². The Balaban J connectivity index is 1.21. The fraction of sp³-hybridized carbons (Fsp3) is 0.636. The second kappa shape index (κ2) is 6.86. The molecule has 1 fully saturated rings. The average molecular weight is 341 g/mol. The van der Waals surface area contributed by atoms with E-state index >= 15 is 0 Å². The SMILES string of the molecule is CC1(C)[C@H]2CC=C(COC[C@@H](O)CN3CCc4ccccc4C3)[C@@H]1C2. The van der Waals surface area contributed by atoms with Crippen LogP contribution < -0.4 is 0 Å². The van der Waals surface area contributed by atoms with Gasteiger partial charge in [0.25, 0.3) is 0 Å². The first-order valence-electron chi connectivity index (χ1n) is 9.78. The van der Waals surface area contributed by atoms with Gasteiger partial charge in [0, 0.05) is 19.6 Å². The number of aliphatic hydroxyl groups excluding tert-OH is 1. The lowest BCUT2D eigenvalue weighted by molar-refractivity contribution is -0.0265. The molecule has 0 spiro atoms. The summed E-state index contributed by atoms with van der Waals surface area (Å²) in [6.45, 7) is 8.58. The molecule has 3 atom stereocenters. The lowest BCUT2D eigenvalue weighted by atomic mass is 9.49. The summed E-state index contributed by atoms with van der Waals surface area (Å²) < 4.78 is 5.89. The zero-order valence-electron chi connectivity index (χ0n) is 15.6. The molecule has 1 aliphatic heterocycles. The maximum Gasteiger partial charge on any atom is 0.0900 e. The highest BCUT2D eigenvalue weighted by atomic mass is 16.5. The molecule has 25 heavy (non-hydrogen) atoms. The summed E-state index contributed by atoms with van der Waals surface area (Å²) in [5.41, 5.74) is 4.77. The Morgan fingerprint density at radius 3 is 2.84 bits per heavy atom. The predicted octanol–water partition coefficient (Wildman–Crippen LogP) is 3.41. The summed E-state index contributed by atoms with van der Waals surface area (Å²) in [5.74, 6) is 1.57. The molecule has 0 unspecified atom stereocenters. The van der Waals surface area contributed by atoms with Crippen LogP contribution in [0.1, 0.15) is 37.8 Å². The van der Waals surface area contributed by atoms with Crippen molar-refractivity contribution in [3.05, 3.63) is 47.0 Å². The molecule has 0 amide bonds. The monoisotopic (exact) mass is 341 g/mol. The topological polar surface area (TPSA) is 32.7 Å². The van der Waals surface area contributed by atoms with Crippen LogP contribution in [-0.2, 0) is 17.7 Å². The Morgan fingerprint density at radius 1 is 1.28 bits per heavy atom. The van der Waals surface area contributed by atoms with Gasteiger partial charge in [-0.2, -0.15) is 0 Å². The van der Waals surface area contributed by atoms with Crippen molar-refractivity contribution in [1.29, 1.82) is 0 Å². The highest BCUT2D eigenvalue weighted by Crippen LogP contribution is 2.59. The van der Waals surface area contributed by atoms with Crippen LogP contribution in [0.15, 0.2) is 35.9 Å². The molecule has 4 aliphatic rings. The Hall–Kier alpha value is -1.16. The van der Waals surface area contributed by atoms with Crippen LogP contribution >= 0.6 is 0 Å². The van der Waals surface area contributed by atoms with E-state index in [2.05, 4.69) is 49.1 Å². The Labute approximate surface area is 151 Å². The van der Waals surface area contributed by atoms with E-state index in [9.17, 15) is 5.11 Å². The van der Waals surface area contributed by atoms with Crippen LogP contribution in [0.5, 0.6) is 0 Å².